The highest BCUT2D eigenvalue weighted by Gasteiger charge is 2.15. The molecule has 0 atom stereocenters. The zero-order valence-corrected chi connectivity index (χ0v) is 14.9. The Morgan fingerprint density at radius 1 is 1.29 bits per heavy atom. The Labute approximate surface area is 141 Å². The van der Waals surface area contributed by atoms with Gasteiger partial charge in [0.25, 0.3) is 0 Å². The van der Waals surface area contributed by atoms with Gasteiger partial charge in [0, 0.05) is 17.0 Å². The van der Waals surface area contributed by atoms with Gasteiger partial charge in [-0.3, -0.25) is 0 Å². The van der Waals surface area contributed by atoms with Crippen LogP contribution in [-0.2, 0) is 22.3 Å². The monoisotopic (exact) mass is 404 g/mol. The second-order valence-electron chi connectivity index (χ2n) is 4.31. The minimum Gasteiger partial charge on any atom is -0.389 e. The van der Waals surface area contributed by atoms with Crippen LogP contribution in [0, 0.1) is 0 Å². The summed E-state index contributed by atoms with van der Waals surface area (Å²) < 4.78 is 27.9. The molecule has 2 aromatic rings. The van der Waals surface area contributed by atoms with E-state index in [4.69, 9.17) is 18.0 Å². The van der Waals surface area contributed by atoms with Gasteiger partial charge in [-0.05, 0) is 33.6 Å². The van der Waals surface area contributed by atoms with Crippen molar-refractivity contribution in [2.75, 3.05) is 0 Å². The first-order valence-corrected chi connectivity index (χ1v) is 9.63. The lowest BCUT2D eigenvalue weighted by molar-refractivity contribution is 0.581. The number of hydrogen-bond acceptors (Lipinski definition) is 4. The van der Waals surface area contributed by atoms with Crippen LogP contribution in [0.1, 0.15) is 16.0 Å². The number of hydrogen-bond donors (Lipinski definition) is 2. The van der Waals surface area contributed by atoms with E-state index in [9.17, 15) is 8.42 Å². The van der Waals surface area contributed by atoms with Crippen molar-refractivity contribution >= 4 is 54.5 Å². The van der Waals surface area contributed by atoms with Gasteiger partial charge in [-0.2, -0.15) is 0 Å². The van der Waals surface area contributed by atoms with E-state index in [1.807, 2.05) is 12.1 Å². The largest absolute Gasteiger partial charge is 0.389 e. The summed E-state index contributed by atoms with van der Waals surface area (Å²) in [6.07, 6.45) is 0. The van der Waals surface area contributed by atoms with Gasteiger partial charge in [-0.15, -0.1) is 11.3 Å². The summed E-state index contributed by atoms with van der Waals surface area (Å²) in [5.74, 6) is -0.146. The van der Waals surface area contributed by atoms with E-state index in [1.165, 1.54) is 11.3 Å². The minimum atomic E-state index is -3.45. The van der Waals surface area contributed by atoms with Crippen LogP contribution in [0.2, 0.25) is 0 Å². The number of thiophene rings is 1. The molecule has 0 aliphatic carbocycles. The van der Waals surface area contributed by atoms with Crippen molar-refractivity contribution in [3.8, 4) is 0 Å². The number of thiocarbonyl (C=S) groups is 1. The second kappa shape index (κ2) is 6.97. The van der Waals surface area contributed by atoms with Gasteiger partial charge >= 0.3 is 0 Å². The van der Waals surface area contributed by atoms with E-state index in [1.54, 1.807) is 24.3 Å². The summed E-state index contributed by atoms with van der Waals surface area (Å²) in [5, 5.41) is 0. The van der Waals surface area contributed by atoms with Gasteiger partial charge in [0.05, 0.1) is 9.54 Å². The third-order valence-corrected chi connectivity index (χ3v) is 5.84. The SMILES string of the molecule is NC(=S)c1ccccc1CS(=O)(=O)NCc1ccc(Br)s1. The highest BCUT2D eigenvalue weighted by atomic mass is 79.9. The molecular formula is C13H13BrN2O2S3. The number of sulfonamides is 1. The number of nitrogens with one attached hydrogen (secondary N) is 1. The Balaban J connectivity index is 2.09. The molecule has 8 heteroatoms. The maximum atomic E-state index is 12.2. The summed E-state index contributed by atoms with van der Waals surface area (Å²) in [7, 11) is -3.45. The molecule has 0 spiro atoms. The summed E-state index contributed by atoms with van der Waals surface area (Å²) in [6, 6.07) is 10.7. The highest BCUT2D eigenvalue weighted by Crippen LogP contribution is 2.22. The fourth-order valence-electron chi connectivity index (χ4n) is 1.77. The van der Waals surface area contributed by atoms with E-state index in [0.29, 0.717) is 11.1 Å². The molecule has 0 fully saturated rings. The number of halogens is 1. The van der Waals surface area contributed by atoms with Crippen LogP contribution >= 0.6 is 39.5 Å². The number of nitrogens with two attached hydrogens (primary N) is 1. The molecular weight excluding hydrogens is 392 g/mol. The molecule has 0 bridgehead atoms. The van der Waals surface area contributed by atoms with E-state index in [2.05, 4.69) is 20.7 Å². The number of rotatable bonds is 6. The zero-order valence-electron chi connectivity index (χ0n) is 10.9. The molecule has 0 unspecified atom stereocenters. The van der Waals surface area contributed by atoms with E-state index < -0.39 is 10.0 Å². The molecule has 0 radical (unpaired) electrons. The van der Waals surface area contributed by atoms with Gasteiger partial charge < -0.3 is 5.73 Å². The highest BCUT2D eigenvalue weighted by molar-refractivity contribution is 9.11. The van der Waals surface area contributed by atoms with E-state index in [-0.39, 0.29) is 17.3 Å². The zero-order chi connectivity index (χ0) is 15.5. The molecule has 0 aliphatic heterocycles. The Morgan fingerprint density at radius 3 is 2.62 bits per heavy atom. The standard InChI is InChI=1S/C13H13BrN2O2S3/c14-12-6-5-10(20-12)7-16-21(17,18)8-9-3-1-2-4-11(9)13(15)19/h1-6,16H,7-8H2,(H2,15,19). The molecule has 3 N–H and O–H groups in total. The summed E-state index contributed by atoms with van der Waals surface area (Å²) in [5.41, 5.74) is 6.81. The van der Waals surface area contributed by atoms with Crippen LogP contribution in [-0.4, -0.2) is 13.4 Å². The van der Waals surface area contributed by atoms with Crippen LogP contribution < -0.4 is 10.5 Å². The van der Waals surface area contributed by atoms with Gasteiger partial charge in [0.1, 0.15) is 4.99 Å². The maximum Gasteiger partial charge on any atom is 0.216 e. The van der Waals surface area contributed by atoms with Crippen molar-refractivity contribution in [2.24, 2.45) is 5.73 Å². The van der Waals surface area contributed by atoms with Crippen molar-refractivity contribution in [3.05, 3.63) is 56.2 Å². The van der Waals surface area contributed by atoms with Gasteiger partial charge in [0.15, 0.2) is 0 Å². The first-order valence-electron chi connectivity index (χ1n) is 5.96. The summed E-state index contributed by atoms with van der Waals surface area (Å²) >= 11 is 9.78. The Bertz CT molecular complexity index is 756. The lowest BCUT2D eigenvalue weighted by Gasteiger charge is -2.09. The average Bonchev–Trinajstić information content (AvgIpc) is 2.82. The Morgan fingerprint density at radius 2 is 2.00 bits per heavy atom. The van der Waals surface area contributed by atoms with Crippen molar-refractivity contribution in [2.45, 2.75) is 12.3 Å². The third-order valence-electron chi connectivity index (χ3n) is 2.72. The molecule has 1 aromatic heterocycles. The van der Waals surface area contributed by atoms with E-state index in [0.717, 1.165) is 8.66 Å². The Hall–Kier alpha value is -0.800. The molecule has 112 valence electrons. The quantitative estimate of drug-likeness (QED) is 0.725. The molecule has 4 nitrogen and oxygen atoms in total. The lowest BCUT2D eigenvalue weighted by Crippen LogP contribution is -2.25. The lowest BCUT2D eigenvalue weighted by atomic mass is 10.1. The van der Waals surface area contributed by atoms with Crippen molar-refractivity contribution in [3.63, 3.8) is 0 Å². The minimum absolute atomic E-state index is 0.146. The molecule has 2 rings (SSSR count). The second-order valence-corrected chi connectivity index (χ2v) is 9.10. The summed E-state index contributed by atoms with van der Waals surface area (Å²) in [6.45, 7) is 0.272. The normalized spacial score (nSPS) is 11.5. The fraction of sp³-hybridized carbons (Fsp3) is 0.154. The van der Waals surface area contributed by atoms with Crippen LogP contribution in [0.25, 0.3) is 0 Å². The molecule has 0 aliphatic rings. The van der Waals surface area contributed by atoms with Crippen LogP contribution in [0.3, 0.4) is 0 Å². The van der Waals surface area contributed by atoms with Gasteiger partial charge in [-0.25, -0.2) is 13.1 Å². The van der Waals surface area contributed by atoms with Crippen LogP contribution in [0.4, 0.5) is 0 Å². The molecule has 0 saturated carbocycles. The summed E-state index contributed by atoms with van der Waals surface area (Å²) in [4.78, 5) is 1.14. The van der Waals surface area contributed by atoms with Crippen molar-refractivity contribution in [1.29, 1.82) is 0 Å². The fourth-order valence-corrected chi connectivity index (χ4v) is 4.62. The Kier molecular flexibility index (Phi) is 5.50. The van der Waals surface area contributed by atoms with Crippen LogP contribution in [0.5, 0.6) is 0 Å². The average molecular weight is 405 g/mol. The molecule has 1 heterocycles. The third kappa shape index (κ3) is 4.86. The first-order chi connectivity index (χ1) is 9.87. The van der Waals surface area contributed by atoms with Crippen molar-refractivity contribution < 1.29 is 8.42 Å². The first kappa shape index (κ1) is 16.6. The van der Waals surface area contributed by atoms with Crippen LogP contribution in [0.15, 0.2) is 40.2 Å². The van der Waals surface area contributed by atoms with Gasteiger partial charge in [-0.1, -0.05) is 36.5 Å². The predicted molar refractivity (Wildman–Crippen MR) is 93.8 cm³/mol. The molecule has 0 saturated heterocycles. The van der Waals surface area contributed by atoms with Crippen molar-refractivity contribution in [1.82, 2.24) is 4.72 Å². The van der Waals surface area contributed by atoms with E-state index >= 15 is 0 Å². The number of benzene rings is 1. The smallest absolute Gasteiger partial charge is 0.216 e. The predicted octanol–water partition coefficient (Wildman–Crippen LogP) is 2.76. The van der Waals surface area contributed by atoms with Gasteiger partial charge in [0.2, 0.25) is 10.0 Å². The molecule has 0 amide bonds. The maximum absolute atomic E-state index is 12.2. The topological polar surface area (TPSA) is 72.2 Å². The molecule has 21 heavy (non-hydrogen) atoms. The molecule has 1 aromatic carbocycles.